The predicted octanol–water partition coefficient (Wildman–Crippen LogP) is 2.78. The molecule has 5 nitrogen and oxygen atoms in total. The molecule has 3 aromatic rings. The molecule has 118 valence electrons. The number of nitrogens with one attached hydrogen (secondary N) is 1. The summed E-state index contributed by atoms with van der Waals surface area (Å²) in [6, 6.07) is 10.3. The van der Waals surface area contributed by atoms with Crippen molar-refractivity contribution in [1.82, 2.24) is 5.32 Å². The van der Waals surface area contributed by atoms with Crippen LogP contribution in [0.5, 0.6) is 11.5 Å². The molecular formula is C18H17NO4. The number of aromatic hydroxyl groups is 1. The summed E-state index contributed by atoms with van der Waals surface area (Å²) in [6.45, 7) is 1.91. The van der Waals surface area contributed by atoms with Crippen LogP contribution in [0.15, 0.2) is 45.6 Å². The van der Waals surface area contributed by atoms with Crippen molar-refractivity contribution in [1.29, 1.82) is 0 Å². The Balaban J connectivity index is 1.79. The molecule has 2 heterocycles. The van der Waals surface area contributed by atoms with Crippen LogP contribution in [-0.4, -0.2) is 24.3 Å². The van der Waals surface area contributed by atoms with Crippen molar-refractivity contribution in [3.05, 3.63) is 46.8 Å². The van der Waals surface area contributed by atoms with E-state index in [0.29, 0.717) is 16.7 Å². The van der Waals surface area contributed by atoms with E-state index in [1.807, 2.05) is 12.1 Å². The first-order valence-corrected chi connectivity index (χ1v) is 7.78. The van der Waals surface area contributed by atoms with Gasteiger partial charge in [0.2, 0.25) is 0 Å². The van der Waals surface area contributed by atoms with Crippen LogP contribution in [0.2, 0.25) is 0 Å². The van der Waals surface area contributed by atoms with Gasteiger partial charge in [0.15, 0.2) is 0 Å². The van der Waals surface area contributed by atoms with Crippen LogP contribution in [0.3, 0.4) is 0 Å². The molecule has 0 radical (unpaired) electrons. The van der Waals surface area contributed by atoms with Crippen molar-refractivity contribution >= 4 is 21.7 Å². The van der Waals surface area contributed by atoms with E-state index in [4.69, 9.17) is 9.15 Å². The van der Waals surface area contributed by atoms with Gasteiger partial charge in [-0.2, -0.15) is 0 Å². The van der Waals surface area contributed by atoms with Gasteiger partial charge in [0, 0.05) is 16.8 Å². The van der Waals surface area contributed by atoms with E-state index in [2.05, 4.69) is 5.32 Å². The molecule has 0 saturated carbocycles. The van der Waals surface area contributed by atoms with E-state index in [9.17, 15) is 9.90 Å². The van der Waals surface area contributed by atoms with Gasteiger partial charge in [0.05, 0.1) is 5.39 Å². The van der Waals surface area contributed by atoms with Gasteiger partial charge >= 0.3 is 5.63 Å². The van der Waals surface area contributed by atoms with Gasteiger partial charge in [-0.05, 0) is 56.3 Å². The zero-order chi connectivity index (χ0) is 15.8. The molecule has 0 bridgehead atoms. The number of rotatable bonds is 2. The minimum absolute atomic E-state index is 0.0749. The summed E-state index contributed by atoms with van der Waals surface area (Å²) >= 11 is 0. The zero-order valence-electron chi connectivity index (χ0n) is 12.5. The summed E-state index contributed by atoms with van der Waals surface area (Å²) in [5, 5.41) is 14.9. The number of benzene rings is 2. The number of hydrogen-bond donors (Lipinski definition) is 2. The van der Waals surface area contributed by atoms with E-state index in [1.54, 1.807) is 18.2 Å². The van der Waals surface area contributed by atoms with Crippen molar-refractivity contribution in [2.24, 2.45) is 0 Å². The molecule has 1 aromatic heterocycles. The fourth-order valence-electron chi connectivity index (χ4n) is 3.08. The second-order valence-corrected chi connectivity index (χ2v) is 5.84. The molecule has 0 amide bonds. The van der Waals surface area contributed by atoms with E-state index in [-0.39, 0.29) is 11.9 Å². The van der Waals surface area contributed by atoms with Gasteiger partial charge in [-0.15, -0.1) is 0 Å². The predicted molar refractivity (Wildman–Crippen MR) is 88.2 cm³/mol. The van der Waals surface area contributed by atoms with Crippen molar-refractivity contribution in [3.8, 4) is 11.5 Å². The molecule has 1 aliphatic heterocycles. The van der Waals surface area contributed by atoms with Crippen LogP contribution in [0.1, 0.15) is 12.8 Å². The lowest BCUT2D eigenvalue weighted by Gasteiger charge is -2.23. The highest BCUT2D eigenvalue weighted by atomic mass is 16.5. The molecule has 0 aliphatic carbocycles. The van der Waals surface area contributed by atoms with Gasteiger partial charge in [-0.3, -0.25) is 0 Å². The summed E-state index contributed by atoms with van der Waals surface area (Å²) < 4.78 is 11.3. The molecule has 4 rings (SSSR count). The van der Waals surface area contributed by atoms with Gasteiger partial charge < -0.3 is 19.6 Å². The average molecular weight is 311 g/mol. The summed E-state index contributed by atoms with van der Waals surface area (Å²) in [4.78, 5) is 12.2. The first kappa shape index (κ1) is 14.1. The number of piperidine rings is 1. The van der Waals surface area contributed by atoms with E-state index in [1.165, 1.54) is 6.07 Å². The lowest BCUT2D eigenvalue weighted by molar-refractivity contribution is 0.162. The smallest absolute Gasteiger partial charge is 0.344 e. The summed E-state index contributed by atoms with van der Waals surface area (Å²) in [7, 11) is 0. The average Bonchev–Trinajstić information content (AvgIpc) is 2.56. The van der Waals surface area contributed by atoms with Crippen molar-refractivity contribution in [3.63, 3.8) is 0 Å². The van der Waals surface area contributed by atoms with Gasteiger partial charge in [-0.25, -0.2) is 4.79 Å². The first-order valence-electron chi connectivity index (χ1n) is 7.78. The third-order valence-electron chi connectivity index (χ3n) is 4.26. The fraction of sp³-hybridized carbons (Fsp3) is 0.278. The van der Waals surface area contributed by atoms with Crippen LogP contribution in [0.4, 0.5) is 0 Å². The maximum absolute atomic E-state index is 12.2. The lowest BCUT2D eigenvalue weighted by Crippen LogP contribution is -2.34. The first-order chi connectivity index (χ1) is 11.2. The Bertz CT molecular complexity index is 925. The van der Waals surface area contributed by atoms with Crippen LogP contribution in [0, 0.1) is 0 Å². The van der Waals surface area contributed by atoms with Crippen LogP contribution in [0.25, 0.3) is 21.7 Å². The summed E-state index contributed by atoms with van der Waals surface area (Å²) in [5.74, 6) is 0.765. The minimum Gasteiger partial charge on any atom is -0.508 e. The standard InChI is InChI=1S/C18H17NO4/c20-11-1-3-15-14-4-2-13(22-12-5-7-19-8-6-12)10-16(14)18(21)23-17(15)9-11/h1-4,9-10,12,19-20H,5-8H2. The maximum atomic E-state index is 12.2. The Kier molecular flexibility index (Phi) is 3.42. The second-order valence-electron chi connectivity index (χ2n) is 5.84. The Morgan fingerprint density at radius 2 is 1.83 bits per heavy atom. The number of fused-ring (bicyclic) bond motifs is 3. The third-order valence-corrected chi connectivity index (χ3v) is 4.26. The molecule has 23 heavy (non-hydrogen) atoms. The highest BCUT2D eigenvalue weighted by molar-refractivity contribution is 6.04. The Hall–Kier alpha value is -2.53. The Morgan fingerprint density at radius 1 is 1.04 bits per heavy atom. The molecule has 1 saturated heterocycles. The number of phenols is 1. The molecule has 2 aromatic carbocycles. The molecule has 0 unspecified atom stereocenters. The monoisotopic (exact) mass is 311 g/mol. The SMILES string of the molecule is O=c1oc2cc(O)ccc2c2ccc(OC3CCNCC3)cc12. The Morgan fingerprint density at radius 3 is 2.65 bits per heavy atom. The summed E-state index contributed by atoms with van der Waals surface area (Å²) in [5.41, 5.74) is -0.0385. The molecule has 0 atom stereocenters. The zero-order valence-corrected chi connectivity index (χ0v) is 12.5. The van der Waals surface area contributed by atoms with Crippen LogP contribution >= 0.6 is 0 Å². The third kappa shape index (κ3) is 2.64. The van der Waals surface area contributed by atoms with Gasteiger partial charge in [0.1, 0.15) is 23.2 Å². The molecule has 2 N–H and O–H groups in total. The largest absolute Gasteiger partial charge is 0.508 e. The number of hydrogen-bond acceptors (Lipinski definition) is 5. The van der Waals surface area contributed by atoms with E-state index < -0.39 is 5.63 Å². The normalized spacial score (nSPS) is 16.0. The fourth-order valence-corrected chi connectivity index (χ4v) is 3.08. The Labute approximate surface area is 132 Å². The van der Waals surface area contributed by atoms with Crippen LogP contribution < -0.4 is 15.7 Å². The quantitative estimate of drug-likeness (QED) is 0.562. The van der Waals surface area contributed by atoms with E-state index >= 15 is 0 Å². The maximum Gasteiger partial charge on any atom is 0.344 e. The van der Waals surface area contributed by atoms with Crippen LogP contribution in [-0.2, 0) is 0 Å². The highest BCUT2D eigenvalue weighted by Crippen LogP contribution is 2.28. The topological polar surface area (TPSA) is 71.7 Å². The molecule has 1 aliphatic rings. The van der Waals surface area contributed by atoms with E-state index in [0.717, 1.165) is 36.7 Å². The number of ether oxygens (including phenoxy) is 1. The van der Waals surface area contributed by atoms with Gasteiger partial charge in [-0.1, -0.05) is 0 Å². The molecule has 1 fully saturated rings. The minimum atomic E-state index is -0.422. The highest BCUT2D eigenvalue weighted by Gasteiger charge is 2.15. The summed E-state index contributed by atoms with van der Waals surface area (Å²) in [6.07, 6.45) is 2.10. The molecular weight excluding hydrogens is 294 g/mol. The number of phenolic OH excluding ortho intramolecular Hbond substituents is 1. The second kappa shape index (κ2) is 5.59. The molecule has 0 spiro atoms. The van der Waals surface area contributed by atoms with Gasteiger partial charge in [0.25, 0.3) is 0 Å². The van der Waals surface area contributed by atoms with Crippen molar-refractivity contribution in [2.75, 3.05) is 13.1 Å². The molecule has 5 heteroatoms. The lowest BCUT2D eigenvalue weighted by atomic mass is 10.1. The van der Waals surface area contributed by atoms with Crippen molar-refractivity contribution in [2.45, 2.75) is 18.9 Å². The van der Waals surface area contributed by atoms with Crippen molar-refractivity contribution < 1.29 is 14.3 Å².